The summed E-state index contributed by atoms with van der Waals surface area (Å²) >= 11 is 6.15. The zero-order chi connectivity index (χ0) is 22.5. The molecule has 2 aromatic carbocycles. The van der Waals surface area contributed by atoms with Gasteiger partial charge >= 0.3 is 0 Å². The Morgan fingerprint density at radius 2 is 1.94 bits per heavy atom. The first-order chi connectivity index (χ1) is 14.7. The highest BCUT2D eigenvalue weighted by atomic mass is 35.5. The van der Waals surface area contributed by atoms with Crippen molar-refractivity contribution in [3.8, 4) is 11.8 Å². The third-order valence-corrected chi connectivity index (χ3v) is 5.13. The van der Waals surface area contributed by atoms with Crippen molar-refractivity contribution >= 4 is 28.2 Å². The van der Waals surface area contributed by atoms with Gasteiger partial charge < -0.3 is 20.8 Å². The Morgan fingerprint density at radius 1 is 1.16 bits per heavy atom. The van der Waals surface area contributed by atoms with Crippen LogP contribution in [0.1, 0.15) is 28.5 Å². The molecule has 0 fully saturated rings. The molecule has 0 aliphatic heterocycles. The molecule has 162 valence electrons. The predicted octanol–water partition coefficient (Wildman–Crippen LogP) is 2.68. The topological polar surface area (TPSA) is 94.6 Å². The first-order valence-electron chi connectivity index (χ1n) is 9.95. The number of likely N-dealkylation sites (N-methyl/N-ethyl adjacent to an activating group) is 1. The molecule has 7 heteroatoms. The van der Waals surface area contributed by atoms with E-state index in [-0.39, 0.29) is 6.54 Å². The van der Waals surface area contributed by atoms with Crippen LogP contribution in [0.5, 0.6) is 0 Å². The van der Waals surface area contributed by atoms with Crippen LogP contribution in [-0.2, 0) is 0 Å². The van der Waals surface area contributed by atoms with Gasteiger partial charge in [0.2, 0.25) is 0 Å². The lowest BCUT2D eigenvalue weighted by Gasteiger charge is -2.19. The maximum absolute atomic E-state index is 10.4. The van der Waals surface area contributed by atoms with Crippen molar-refractivity contribution in [1.29, 1.82) is 0 Å². The first kappa shape index (κ1) is 23.0. The second kappa shape index (κ2) is 10.1. The first-order valence-corrected chi connectivity index (χ1v) is 10.3. The molecule has 0 radical (unpaired) electrons. The number of pyridine rings is 1. The standard InChI is InChI=1S/C24H27ClN4O2/c1-15-10-17(24(31)28-13-20(30)14-29(2)3)5-4-16(15)7-9-21-22-11-19(25)8-6-18(22)12-27-23(21)26/h4-6,8,10-12,20,24,28,30-31H,13-14H2,1-3H3,(H2,26,27). The molecule has 2 unspecified atom stereocenters. The van der Waals surface area contributed by atoms with E-state index in [4.69, 9.17) is 17.3 Å². The molecular formula is C24H27ClN4O2. The van der Waals surface area contributed by atoms with E-state index in [1.54, 1.807) is 12.3 Å². The van der Waals surface area contributed by atoms with Crippen LogP contribution in [0.15, 0.2) is 42.6 Å². The van der Waals surface area contributed by atoms with Gasteiger partial charge in [-0.1, -0.05) is 41.6 Å². The Morgan fingerprint density at radius 3 is 2.65 bits per heavy atom. The number of fused-ring (bicyclic) bond motifs is 1. The molecule has 0 aliphatic carbocycles. The summed E-state index contributed by atoms with van der Waals surface area (Å²) in [7, 11) is 3.78. The van der Waals surface area contributed by atoms with Crippen LogP contribution < -0.4 is 11.1 Å². The monoisotopic (exact) mass is 438 g/mol. The summed E-state index contributed by atoms with van der Waals surface area (Å²) in [5.74, 6) is 6.65. The molecule has 0 saturated carbocycles. The van der Waals surface area contributed by atoms with E-state index < -0.39 is 12.3 Å². The van der Waals surface area contributed by atoms with E-state index in [2.05, 4.69) is 22.1 Å². The van der Waals surface area contributed by atoms with Crippen molar-refractivity contribution in [2.45, 2.75) is 19.3 Å². The number of aryl methyl sites for hydroxylation is 1. The van der Waals surface area contributed by atoms with E-state index in [0.29, 0.717) is 28.5 Å². The van der Waals surface area contributed by atoms with Gasteiger partial charge in [-0.15, -0.1) is 0 Å². The van der Waals surface area contributed by atoms with Crippen molar-refractivity contribution in [3.05, 3.63) is 69.9 Å². The Hall–Kier alpha value is -2.66. The third kappa shape index (κ3) is 5.95. The highest BCUT2D eigenvalue weighted by molar-refractivity contribution is 6.31. The van der Waals surface area contributed by atoms with Crippen LogP contribution in [0.3, 0.4) is 0 Å². The SMILES string of the molecule is Cc1cc(C(O)NCC(O)CN(C)C)ccc1C#Cc1c(N)ncc2ccc(Cl)cc12. The minimum Gasteiger partial charge on any atom is -0.390 e. The van der Waals surface area contributed by atoms with Crippen molar-refractivity contribution in [2.75, 3.05) is 32.9 Å². The highest BCUT2D eigenvalue weighted by Crippen LogP contribution is 2.25. The molecule has 0 aliphatic rings. The van der Waals surface area contributed by atoms with Gasteiger partial charge in [0.1, 0.15) is 12.0 Å². The van der Waals surface area contributed by atoms with Crippen LogP contribution in [0.25, 0.3) is 10.8 Å². The molecule has 3 aromatic rings. The minimum absolute atomic E-state index is 0.288. The highest BCUT2D eigenvalue weighted by Gasteiger charge is 2.12. The number of nitrogen functional groups attached to an aromatic ring is 1. The van der Waals surface area contributed by atoms with Crippen LogP contribution in [0.2, 0.25) is 5.02 Å². The van der Waals surface area contributed by atoms with E-state index >= 15 is 0 Å². The summed E-state index contributed by atoms with van der Waals surface area (Å²) in [5.41, 5.74) is 9.16. The Bertz CT molecular complexity index is 1130. The predicted molar refractivity (Wildman–Crippen MR) is 126 cm³/mol. The Balaban J connectivity index is 1.80. The fourth-order valence-corrected chi connectivity index (χ4v) is 3.48. The number of hydrogen-bond donors (Lipinski definition) is 4. The Labute approximate surface area is 187 Å². The van der Waals surface area contributed by atoms with E-state index in [1.165, 1.54) is 0 Å². The van der Waals surface area contributed by atoms with Gasteiger partial charge in [-0.3, -0.25) is 5.32 Å². The largest absolute Gasteiger partial charge is 0.390 e. The number of halogens is 1. The number of nitrogens with one attached hydrogen (secondary N) is 1. The lowest BCUT2D eigenvalue weighted by atomic mass is 10.0. The second-order valence-electron chi connectivity index (χ2n) is 7.80. The number of aliphatic hydroxyl groups is 2. The van der Waals surface area contributed by atoms with Gasteiger partial charge in [-0.25, -0.2) is 4.98 Å². The summed E-state index contributed by atoms with van der Waals surface area (Å²) in [6, 6.07) is 11.1. The normalized spacial score (nSPS) is 13.1. The average Bonchev–Trinajstić information content (AvgIpc) is 2.71. The van der Waals surface area contributed by atoms with Crippen LogP contribution in [0.4, 0.5) is 5.82 Å². The molecule has 0 spiro atoms. The number of anilines is 1. The quantitative estimate of drug-likeness (QED) is 0.349. The Kier molecular flexibility index (Phi) is 7.50. The van der Waals surface area contributed by atoms with Gasteiger partial charge in [0.25, 0.3) is 0 Å². The molecule has 0 saturated heterocycles. The second-order valence-corrected chi connectivity index (χ2v) is 8.24. The summed E-state index contributed by atoms with van der Waals surface area (Å²) < 4.78 is 0. The average molecular weight is 439 g/mol. The molecule has 2 atom stereocenters. The molecule has 1 aromatic heterocycles. The molecule has 3 rings (SSSR count). The maximum Gasteiger partial charge on any atom is 0.139 e. The van der Waals surface area contributed by atoms with E-state index in [9.17, 15) is 10.2 Å². The van der Waals surface area contributed by atoms with Gasteiger partial charge in [0.15, 0.2) is 0 Å². The summed E-state index contributed by atoms with van der Waals surface area (Å²) in [6.45, 7) is 2.74. The molecule has 0 amide bonds. The molecule has 31 heavy (non-hydrogen) atoms. The number of aromatic nitrogens is 1. The lowest BCUT2D eigenvalue weighted by Crippen LogP contribution is -2.36. The van der Waals surface area contributed by atoms with Crippen molar-refractivity contribution in [2.24, 2.45) is 0 Å². The van der Waals surface area contributed by atoms with Gasteiger partial charge in [0, 0.05) is 40.6 Å². The number of rotatable bonds is 6. The zero-order valence-electron chi connectivity index (χ0n) is 17.9. The van der Waals surface area contributed by atoms with Crippen molar-refractivity contribution in [3.63, 3.8) is 0 Å². The smallest absolute Gasteiger partial charge is 0.139 e. The molecule has 6 nitrogen and oxygen atoms in total. The number of benzene rings is 2. The van der Waals surface area contributed by atoms with Crippen molar-refractivity contribution < 1.29 is 10.2 Å². The summed E-state index contributed by atoms with van der Waals surface area (Å²) in [6.07, 6.45) is 0.262. The maximum atomic E-state index is 10.4. The van der Waals surface area contributed by atoms with Gasteiger partial charge in [0.05, 0.1) is 11.7 Å². The van der Waals surface area contributed by atoms with Gasteiger partial charge in [-0.05, 0) is 50.3 Å². The summed E-state index contributed by atoms with van der Waals surface area (Å²) in [4.78, 5) is 6.12. The third-order valence-electron chi connectivity index (χ3n) is 4.89. The molecule has 5 N–H and O–H groups in total. The molecule has 0 bridgehead atoms. The van der Waals surface area contributed by atoms with Gasteiger partial charge in [-0.2, -0.15) is 0 Å². The van der Waals surface area contributed by atoms with E-state index in [0.717, 1.165) is 21.9 Å². The number of nitrogens with zero attached hydrogens (tertiary/aromatic N) is 2. The fourth-order valence-electron chi connectivity index (χ4n) is 3.31. The van der Waals surface area contributed by atoms with Crippen LogP contribution in [0, 0.1) is 18.8 Å². The van der Waals surface area contributed by atoms with E-state index in [1.807, 2.05) is 56.3 Å². The number of hydrogen-bond acceptors (Lipinski definition) is 6. The fraction of sp³-hybridized carbons (Fsp3) is 0.292. The summed E-state index contributed by atoms with van der Waals surface area (Å²) in [5, 5.41) is 25.7. The lowest BCUT2D eigenvalue weighted by molar-refractivity contribution is 0.0888. The molecule has 1 heterocycles. The van der Waals surface area contributed by atoms with Crippen LogP contribution >= 0.6 is 11.6 Å². The number of aliphatic hydroxyl groups excluding tert-OH is 2. The molecular weight excluding hydrogens is 412 g/mol. The zero-order valence-corrected chi connectivity index (χ0v) is 18.6. The van der Waals surface area contributed by atoms with Crippen molar-refractivity contribution in [1.82, 2.24) is 15.2 Å². The minimum atomic E-state index is -0.877. The van der Waals surface area contributed by atoms with Crippen LogP contribution in [-0.4, -0.2) is 53.4 Å². The number of nitrogens with two attached hydrogens (primary N) is 1.